The number of rotatable bonds is 4. The number of halogens is 3. The maximum Gasteiger partial charge on any atom is 0.229 e. The Morgan fingerprint density at radius 2 is 1.83 bits per heavy atom. The Hall–Kier alpha value is -2.37. The highest BCUT2D eigenvalue weighted by atomic mass is 35.5. The summed E-state index contributed by atoms with van der Waals surface area (Å²) >= 11 is 11.8. The van der Waals surface area contributed by atoms with Gasteiger partial charge in [0.2, 0.25) is 5.95 Å². The van der Waals surface area contributed by atoms with E-state index < -0.39 is 5.82 Å². The van der Waals surface area contributed by atoms with Gasteiger partial charge in [0.25, 0.3) is 0 Å². The first kappa shape index (κ1) is 16.5. The predicted octanol–water partition coefficient (Wildman–Crippen LogP) is 5.72. The van der Waals surface area contributed by atoms with E-state index in [0.717, 1.165) is 11.3 Å². The summed E-state index contributed by atoms with van der Waals surface area (Å²) in [6, 6.07) is 11.6. The molecular weight excluding hydrogens is 350 g/mol. The van der Waals surface area contributed by atoms with E-state index in [2.05, 4.69) is 20.6 Å². The largest absolute Gasteiger partial charge is 0.340 e. The van der Waals surface area contributed by atoms with E-state index in [-0.39, 0.29) is 5.02 Å². The van der Waals surface area contributed by atoms with Crippen molar-refractivity contribution >= 4 is 46.3 Å². The molecule has 0 spiro atoms. The molecule has 2 N–H and O–H groups in total. The number of nitrogens with zero attached hydrogens (tertiary/aromatic N) is 2. The number of anilines is 4. The van der Waals surface area contributed by atoms with Crippen LogP contribution in [0.1, 0.15) is 5.56 Å². The zero-order valence-corrected chi connectivity index (χ0v) is 14.2. The molecule has 0 aliphatic rings. The molecular formula is C17H13Cl2FN4. The summed E-state index contributed by atoms with van der Waals surface area (Å²) in [5.41, 5.74) is 2.49. The average molecular weight is 363 g/mol. The molecule has 0 radical (unpaired) electrons. The first-order valence-corrected chi connectivity index (χ1v) is 7.85. The highest BCUT2D eigenvalue weighted by Gasteiger charge is 2.05. The summed E-state index contributed by atoms with van der Waals surface area (Å²) < 4.78 is 13.2. The van der Waals surface area contributed by atoms with Gasteiger partial charge in [-0.15, -0.1) is 0 Å². The van der Waals surface area contributed by atoms with Crippen LogP contribution in [-0.4, -0.2) is 9.97 Å². The fraction of sp³-hybridized carbons (Fsp3) is 0.0588. The van der Waals surface area contributed by atoms with Gasteiger partial charge in [0.1, 0.15) is 11.6 Å². The molecule has 0 saturated carbocycles. The number of aromatic nitrogens is 2. The van der Waals surface area contributed by atoms with Gasteiger partial charge >= 0.3 is 0 Å². The molecule has 3 aromatic rings. The van der Waals surface area contributed by atoms with Gasteiger partial charge in [-0.3, -0.25) is 0 Å². The summed E-state index contributed by atoms with van der Waals surface area (Å²) in [5.74, 6) is 0.489. The molecule has 2 aromatic carbocycles. The second-order valence-corrected chi connectivity index (χ2v) is 5.95. The Morgan fingerprint density at radius 3 is 2.62 bits per heavy atom. The van der Waals surface area contributed by atoms with Crippen molar-refractivity contribution in [1.82, 2.24) is 9.97 Å². The van der Waals surface area contributed by atoms with Gasteiger partial charge in [-0.05, 0) is 48.9 Å². The maximum atomic E-state index is 13.2. The van der Waals surface area contributed by atoms with Crippen molar-refractivity contribution in [3.63, 3.8) is 0 Å². The first-order valence-electron chi connectivity index (χ1n) is 7.09. The zero-order valence-electron chi connectivity index (χ0n) is 12.6. The van der Waals surface area contributed by atoms with Crippen LogP contribution in [0.25, 0.3) is 0 Å². The third-order valence-electron chi connectivity index (χ3n) is 3.29. The summed E-state index contributed by atoms with van der Waals surface area (Å²) in [6.07, 6.45) is 1.61. The van der Waals surface area contributed by atoms with Gasteiger partial charge in [0.15, 0.2) is 0 Å². The summed E-state index contributed by atoms with van der Waals surface area (Å²) in [6.45, 7) is 1.97. The van der Waals surface area contributed by atoms with Gasteiger partial charge in [0, 0.05) is 22.6 Å². The number of hydrogen-bond acceptors (Lipinski definition) is 4. The molecule has 0 atom stereocenters. The fourth-order valence-electron chi connectivity index (χ4n) is 2.06. The summed E-state index contributed by atoms with van der Waals surface area (Å²) in [4.78, 5) is 8.52. The van der Waals surface area contributed by atoms with Crippen LogP contribution in [0, 0.1) is 12.7 Å². The molecule has 0 saturated heterocycles. The van der Waals surface area contributed by atoms with Crippen molar-refractivity contribution in [3.8, 4) is 0 Å². The Kier molecular flexibility index (Phi) is 4.83. The van der Waals surface area contributed by atoms with Gasteiger partial charge in [-0.25, -0.2) is 9.37 Å². The molecule has 0 unspecified atom stereocenters. The van der Waals surface area contributed by atoms with Crippen LogP contribution < -0.4 is 10.6 Å². The highest BCUT2D eigenvalue weighted by molar-refractivity contribution is 6.31. The van der Waals surface area contributed by atoms with Gasteiger partial charge < -0.3 is 10.6 Å². The molecule has 1 aromatic heterocycles. The van der Waals surface area contributed by atoms with Gasteiger partial charge in [0.05, 0.1) is 5.02 Å². The SMILES string of the molecule is Cc1ccc(Cl)cc1Nc1ccnc(Nc2ccc(F)c(Cl)c2)n1. The minimum Gasteiger partial charge on any atom is -0.340 e. The lowest BCUT2D eigenvalue weighted by molar-refractivity contribution is 0.628. The third kappa shape index (κ3) is 3.93. The zero-order chi connectivity index (χ0) is 17.1. The minimum atomic E-state index is -0.477. The third-order valence-corrected chi connectivity index (χ3v) is 3.82. The molecule has 0 aliphatic heterocycles. The second-order valence-electron chi connectivity index (χ2n) is 5.10. The van der Waals surface area contributed by atoms with Crippen molar-refractivity contribution in [1.29, 1.82) is 0 Å². The summed E-state index contributed by atoms with van der Waals surface area (Å²) in [7, 11) is 0. The van der Waals surface area contributed by atoms with E-state index in [1.54, 1.807) is 18.3 Å². The molecule has 1 heterocycles. The van der Waals surface area contributed by atoms with Crippen molar-refractivity contribution in [2.24, 2.45) is 0 Å². The van der Waals surface area contributed by atoms with Crippen molar-refractivity contribution in [2.45, 2.75) is 6.92 Å². The highest BCUT2D eigenvalue weighted by Crippen LogP contribution is 2.25. The molecule has 7 heteroatoms. The number of hydrogen-bond donors (Lipinski definition) is 2. The molecule has 122 valence electrons. The van der Waals surface area contributed by atoms with Gasteiger partial charge in [-0.1, -0.05) is 29.3 Å². The molecule has 0 fully saturated rings. The van der Waals surface area contributed by atoms with Crippen molar-refractivity contribution < 1.29 is 4.39 Å². The summed E-state index contributed by atoms with van der Waals surface area (Å²) in [5, 5.41) is 6.85. The standard InChI is InChI=1S/C17H13Cl2FN4/c1-10-2-3-11(18)8-15(10)23-16-6-7-21-17(24-16)22-12-4-5-14(20)13(19)9-12/h2-9H,1H3,(H2,21,22,23,24). The van der Waals surface area contributed by atoms with E-state index in [0.29, 0.717) is 22.5 Å². The van der Waals surface area contributed by atoms with Crippen molar-refractivity contribution in [2.75, 3.05) is 10.6 Å². The van der Waals surface area contributed by atoms with E-state index in [1.807, 2.05) is 25.1 Å². The fourth-order valence-corrected chi connectivity index (χ4v) is 2.41. The number of aryl methyl sites for hydroxylation is 1. The van der Waals surface area contributed by atoms with Crippen molar-refractivity contribution in [3.05, 3.63) is 70.1 Å². The maximum absolute atomic E-state index is 13.2. The van der Waals surface area contributed by atoms with Crippen LogP contribution in [0.15, 0.2) is 48.7 Å². The van der Waals surface area contributed by atoms with Gasteiger partial charge in [-0.2, -0.15) is 4.98 Å². The molecule has 0 aliphatic carbocycles. The Labute approximate surface area is 148 Å². The lowest BCUT2D eigenvalue weighted by Crippen LogP contribution is -2.01. The topological polar surface area (TPSA) is 49.8 Å². The van der Waals surface area contributed by atoms with E-state index in [1.165, 1.54) is 12.1 Å². The Balaban J connectivity index is 1.81. The quantitative estimate of drug-likeness (QED) is 0.623. The average Bonchev–Trinajstić information content (AvgIpc) is 2.55. The number of nitrogens with one attached hydrogen (secondary N) is 2. The van der Waals surface area contributed by atoms with E-state index in [4.69, 9.17) is 23.2 Å². The van der Waals surface area contributed by atoms with Crippen LogP contribution in [0.3, 0.4) is 0 Å². The lowest BCUT2D eigenvalue weighted by Gasteiger charge is -2.11. The second kappa shape index (κ2) is 7.03. The normalized spacial score (nSPS) is 10.5. The number of benzene rings is 2. The Morgan fingerprint density at radius 1 is 1.00 bits per heavy atom. The van der Waals surface area contributed by atoms with Crippen LogP contribution in [-0.2, 0) is 0 Å². The van der Waals surface area contributed by atoms with Crippen LogP contribution in [0.5, 0.6) is 0 Å². The van der Waals surface area contributed by atoms with Crippen LogP contribution in [0.4, 0.5) is 27.5 Å². The molecule has 24 heavy (non-hydrogen) atoms. The monoisotopic (exact) mass is 362 g/mol. The first-order chi connectivity index (χ1) is 11.5. The van der Waals surface area contributed by atoms with E-state index >= 15 is 0 Å². The molecule has 0 bridgehead atoms. The van der Waals surface area contributed by atoms with Crippen LogP contribution >= 0.6 is 23.2 Å². The van der Waals surface area contributed by atoms with Crippen LogP contribution in [0.2, 0.25) is 10.0 Å². The Bertz CT molecular complexity index is 886. The lowest BCUT2D eigenvalue weighted by atomic mass is 10.2. The molecule has 4 nitrogen and oxygen atoms in total. The molecule has 3 rings (SSSR count). The minimum absolute atomic E-state index is 0.0313. The predicted molar refractivity (Wildman–Crippen MR) is 96.2 cm³/mol. The van der Waals surface area contributed by atoms with E-state index in [9.17, 15) is 4.39 Å². The smallest absolute Gasteiger partial charge is 0.229 e. The molecule has 0 amide bonds.